The second-order valence-corrected chi connectivity index (χ2v) is 4.68. The van der Waals surface area contributed by atoms with Crippen molar-refractivity contribution in [3.63, 3.8) is 0 Å². The number of benzene rings is 1. The first-order valence-corrected chi connectivity index (χ1v) is 6.65. The molecule has 4 nitrogen and oxygen atoms in total. The largest absolute Gasteiger partial charge is 0.324 e. The lowest BCUT2D eigenvalue weighted by molar-refractivity contribution is -0.116. The summed E-state index contributed by atoms with van der Waals surface area (Å²) >= 11 is 0. The van der Waals surface area contributed by atoms with E-state index >= 15 is 0 Å². The van der Waals surface area contributed by atoms with Crippen molar-refractivity contribution in [3.05, 3.63) is 64.1 Å². The fourth-order valence-corrected chi connectivity index (χ4v) is 2.08. The van der Waals surface area contributed by atoms with E-state index in [0.29, 0.717) is 5.56 Å². The molecule has 0 atom stereocenters. The van der Waals surface area contributed by atoms with Crippen molar-refractivity contribution in [2.75, 3.05) is 5.32 Å². The van der Waals surface area contributed by atoms with E-state index in [9.17, 15) is 9.59 Å². The van der Waals surface area contributed by atoms with Crippen LogP contribution in [0.5, 0.6) is 0 Å². The number of para-hydroxylation sites is 1. The number of amides is 1. The first-order valence-electron chi connectivity index (χ1n) is 6.65. The number of nitrogens with zero attached hydrogens (tertiary/aromatic N) is 1. The zero-order valence-corrected chi connectivity index (χ0v) is 11.7. The molecule has 2 aromatic rings. The summed E-state index contributed by atoms with van der Waals surface area (Å²) < 4.78 is 1.42. The second kappa shape index (κ2) is 6.19. The maximum atomic E-state index is 12.0. The molecular weight excluding hydrogens is 252 g/mol. The van der Waals surface area contributed by atoms with Crippen molar-refractivity contribution >= 4 is 11.6 Å². The molecule has 20 heavy (non-hydrogen) atoms. The van der Waals surface area contributed by atoms with Gasteiger partial charge >= 0.3 is 0 Å². The van der Waals surface area contributed by atoms with Gasteiger partial charge in [-0.3, -0.25) is 9.59 Å². The van der Waals surface area contributed by atoms with Gasteiger partial charge in [0.05, 0.1) is 0 Å². The number of hydrogen-bond acceptors (Lipinski definition) is 2. The molecule has 0 saturated heterocycles. The van der Waals surface area contributed by atoms with Gasteiger partial charge < -0.3 is 9.88 Å². The molecule has 0 radical (unpaired) electrons. The molecule has 0 aliphatic heterocycles. The normalized spacial score (nSPS) is 10.3. The van der Waals surface area contributed by atoms with Crippen molar-refractivity contribution in [2.24, 2.45) is 0 Å². The van der Waals surface area contributed by atoms with Gasteiger partial charge in [-0.05, 0) is 31.0 Å². The zero-order valence-electron chi connectivity index (χ0n) is 11.7. The lowest BCUT2D eigenvalue weighted by Gasteiger charge is -2.11. The topological polar surface area (TPSA) is 51.1 Å². The van der Waals surface area contributed by atoms with Crippen LogP contribution < -0.4 is 10.9 Å². The molecule has 1 heterocycles. The monoisotopic (exact) mass is 270 g/mol. The fourth-order valence-electron chi connectivity index (χ4n) is 2.08. The predicted octanol–water partition coefficient (Wildman–Crippen LogP) is 2.36. The number of aromatic nitrogens is 1. The highest BCUT2D eigenvalue weighted by atomic mass is 16.2. The van der Waals surface area contributed by atoms with Crippen molar-refractivity contribution in [3.8, 4) is 0 Å². The van der Waals surface area contributed by atoms with E-state index in [1.54, 1.807) is 25.3 Å². The molecule has 0 bridgehead atoms. The highest BCUT2D eigenvalue weighted by molar-refractivity contribution is 5.91. The summed E-state index contributed by atoms with van der Waals surface area (Å²) in [5.74, 6) is -0.196. The van der Waals surface area contributed by atoms with Gasteiger partial charge in [0, 0.05) is 17.4 Å². The number of pyridine rings is 1. The Morgan fingerprint density at radius 2 is 1.95 bits per heavy atom. The molecule has 0 saturated carbocycles. The molecule has 1 N–H and O–H groups in total. The smallest absolute Gasteiger partial charge is 0.253 e. The highest BCUT2D eigenvalue weighted by Gasteiger charge is 2.07. The SMILES string of the molecule is CCc1ccccc1NC(=O)Cn1cccc(C)c1=O. The summed E-state index contributed by atoms with van der Waals surface area (Å²) in [4.78, 5) is 23.9. The standard InChI is InChI=1S/C16H18N2O2/c1-3-13-8-4-5-9-14(13)17-15(19)11-18-10-6-7-12(2)16(18)20/h4-10H,3,11H2,1-2H3,(H,17,19). The molecule has 1 aromatic heterocycles. The van der Waals surface area contributed by atoms with Crippen LogP contribution in [0, 0.1) is 6.92 Å². The first-order chi connectivity index (χ1) is 9.61. The number of carbonyl (C=O) groups is 1. The molecule has 1 amide bonds. The minimum absolute atomic E-state index is 0.0264. The highest BCUT2D eigenvalue weighted by Crippen LogP contribution is 2.15. The molecule has 0 spiro atoms. The first kappa shape index (κ1) is 14.1. The van der Waals surface area contributed by atoms with Gasteiger partial charge in [-0.1, -0.05) is 31.2 Å². The third kappa shape index (κ3) is 3.15. The molecule has 4 heteroatoms. The number of rotatable bonds is 4. The summed E-state index contributed by atoms with van der Waals surface area (Å²) in [6.07, 6.45) is 2.47. The van der Waals surface area contributed by atoms with Crippen LogP contribution in [0.4, 0.5) is 5.69 Å². The van der Waals surface area contributed by atoms with Gasteiger partial charge in [-0.15, -0.1) is 0 Å². The van der Waals surface area contributed by atoms with E-state index in [1.807, 2.05) is 31.2 Å². The lowest BCUT2D eigenvalue weighted by Crippen LogP contribution is -2.28. The Balaban J connectivity index is 2.13. The van der Waals surface area contributed by atoms with E-state index in [4.69, 9.17) is 0 Å². The van der Waals surface area contributed by atoms with Crippen LogP contribution in [0.3, 0.4) is 0 Å². The van der Waals surface area contributed by atoms with Crippen molar-refractivity contribution in [1.82, 2.24) is 4.57 Å². The van der Waals surface area contributed by atoms with Crippen molar-refractivity contribution in [1.29, 1.82) is 0 Å². The Bertz CT molecular complexity index is 674. The third-order valence-corrected chi connectivity index (χ3v) is 3.20. The number of hydrogen-bond donors (Lipinski definition) is 1. The lowest BCUT2D eigenvalue weighted by atomic mass is 10.1. The average molecular weight is 270 g/mol. The van der Waals surface area contributed by atoms with Gasteiger partial charge in [-0.25, -0.2) is 0 Å². The Morgan fingerprint density at radius 1 is 1.20 bits per heavy atom. The Morgan fingerprint density at radius 3 is 2.70 bits per heavy atom. The molecule has 0 aliphatic carbocycles. The average Bonchev–Trinajstić information content (AvgIpc) is 2.44. The van der Waals surface area contributed by atoms with Gasteiger partial charge in [0.15, 0.2) is 0 Å². The fraction of sp³-hybridized carbons (Fsp3) is 0.250. The van der Waals surface area contributed by atoms with Crippen LogP contribution >= 0.6 is 0 Å². The summed E-state index contributed by atoms with van der Waals surface area (Å²) in [5, 5.41) is 2.86. The van der Waals surface area contributed by atoms with Gasteiger partial charge in [-0.2, -0.15) is 0 Å². The minimum Gasteiger partial charge on any atom is -0.324 e. The van der Waals surface area contributed by atoms with Crippen molar-refractivity contribution in [2.45, 2.75) is 26.8 Å². The van der Waals surface area contributed by atoms with Crippen LogP contribution in [-0.2, 0) is 17.8 Å². The van der Waals surface area contributed by atoms with Gasteiger partial charge in [0.2, 0.25) is 5.91 Å². The molecule has 1 aromatic carbocycles. The third-order valence-electron chi connectivity index (χ3n) is 3.20. The van der Waals surface area contributed by atoms with E-state index < -0.39 is 0 Å². The summed E-state index contributed by atoms with van der Waals surface area (Å²) in [5.41, 5.74) is 2.39. The van der Waals surface area contributed by atoms with Crippen LogP contribution in [-0.4, -0.2) is 10.5 Å². The van der Waals surface area contributed by atoms with E-state index in [1.165, 1.54) is 4.57 Å². The summed E-state index contributed by atoms with van der Waals surface area (Å²) in [6.45, 7) is 3.80. The number of carbonyl (C=O) groups excluding carboxylic acids is 1. The Hall–Kier alpha value is -2.36. The maximum Gasteiger partial charge on any atom is 0.253 e. The van der Waals surface area contributed by atoms with Gasteiger partial charge in [0.1, 0.15) is 6.54 Å². The van der Waals surface area contributed by atoms with E-state index in [2.05, 4.69) is 5.32 Å². The number of anilines is 1. The van der Waals surface area contributed by atoms with Crippen LogP contribution in [0.25, 0.3) is 0 Å². The quantitative estimate of drug-likeness (QED) is 0.927. The number of aryl methyl sites for hydroxylation is 2. The zero-order chi connectivity index (χ0) is 14.5. The van der Waals surface area contributed by atoms with Crippen LogP contribution in [0.1, 0.15) is 18.1 Å². The molecule has 0 fully saturated rings. The Kier molecular flexibility index (Phi) is 4.35. The summed E-state index contributed by atoms with van der Waals surface area (Å²) in [7, 11) is 0. The molecule has 0 unspecified atom stereocenters. The van der Waals surface area contributed by atoms with Crippen LogP contribution in [0.15, 0.2) is 47.4 Å². The van der Waals surface area contributed by atoms with E-state index in [0.717, 1.165) is 17.7 Å². The minimum atomic E-state index is -0.196. The molecule has 104 valence electrons. The Labute approximate surface area is 118 Å². The van der Waals surface area contributed by atoms with Crippen LogP contribution in [0.2, 0.25) is 0 Å². The maximum absolute atomic E-state index is 12.0. The molecular formula is C16H18N2O2. The predicted molar refractivity (Wildman–Crippen MR) is 79.9 cm³/mol. The summed E-state index contributed by atoms with van der Waals surface area (Å²) in [6, 6.07) is 11.2. The van der Waals surface area contributed by atoms with Crippen molar-refractivity contribution < 1.29 is 4.79 Å². The van der Waals surface area contributed by atoms with Gasteiger partial charge in [0.25, 0.3) is 5.56 Å². The second-order valence-electron chi connectivity index (χ2n) is 4.68. The number of nitrogens with one attached hydrogen (secondary N) is 1. The van der Waals surface area contributed by atoms with E-state index in [-0.39, 0.29) is 18.0 Å². The molecule has 0 aliphatic rings. The molecule has 2 rings (SSSR count).